The number of ether oxygens (including phenoxy) is 1. The average molecular weight is 566 g/mol. The van der Waals surface area contributed by atoms with Gasteiger partial charge in [-0.05, 0) is 74.2 Å². The van der Waals surface area contributed by atoms with Crippen molar-refractivity contribution in [2.75, 3.05) is 18.0 Å². The molecule has 2 atom stereocenters. The molecule has 1 N–H and O–H groups in total. The molecular weight excluding hydrogens is 526 g/mol. The Bertz CT molecular complexity index is 1390. The molecule has 0 saturated carbocycles. The van der Waals surface area contributed by atoms with Crippen LogP contribution in [0.15, 0.2) is 83.8 Å². The van der Waals surface area contributed by atoms with E-state index in [1.54, 1.807) is 55.6 Å². The van der Waals surface area contributed by atoms with E-state index in [0.29, 0.717) is 17.9 Å². The number of sulfonamides is 1. The van der Waals surface area contributed by atoms with E-state index in [1.807, 2.05) is 45.9 Å². The molecule has 0 aliphatic rings. The number of carbonyl (C=O) groups is 2. The van der Waals surface area contributed by atoms with Crippen molar-refractivity contribution in [3.8, 4) is 5.75 Å². The zero-order valence-electron chi connectivity index (χ0n) is 23.8. The van der Waals surface area contributed by atoms with Gasteiger partial charge in [-0.2, -0.15) is 0 Å². The minimum absolute atomic E-state index is 0.0717. The van der Waals surface area contributed by atoms with E-state index < -0.39 is 28.5 Å². The van der Waals surface area contributed by atoms with Gasteiger partial charge >= 0.3 is 0 Å². The van der Waals surface area contributed by atoms with Crippen LogP contribution in [0.4, 0.5) is 5.69 Å². The molecule has 9 heteroatoms. The Morgan fingerprint density at radius 3 is 2.25 bits per heavy atom. The zero-order chi connectivity index (χ0) is 29.3. The zero-order valence-corrected chi connectivity index (χ0v) is 24.6. The van der Waals surface area contributed by atoms with Crippen LogP contribution >= 0.6 is 0 Å². The van der Waals surface area contributed by atoms with Crippen molar-refractivity contribution >= 4 is 27.5 Å². The average Bonchev–Trinajstić information content (AvgIpc) is 2.96. The van der Waals surface area contributed by atoms with Gasteiger partial charge in [-0.15, -0.1) is 0 Å². The summed E-state index contributed by atoms with van der Waals surface area (Å²) in [5, 5.41) is 2.98. The molecule has 0 aromatic heterocycles. The summed E-state index contributed by atoms with van der Waals surface area (Å²) in [7, 11) is -2.53. The second-order valence-corrected chi connectivity index (χ2v) is 11.6. The van der Waals surface area contributed by atoms with Gasteiger partial charge in [-0.25, -0.2) is 8.42 Å². The van der Waals surface area contributed by atoms with Gasteiger partial charge in [0.25, 0.3) is 10.0 Å². The SMILES string of the molecule is CCC(C)NC(=O)C(CC)N(Cc1cccc(OC)c1)C(=O)CN(c1cccc(C)c1)S(=O)(=O)c1ccccc1. The van der Waals surface area contributed by atoms with E-state index in [4.69, 9.17) is 4.74 Å². The van der Waals surface area contributed by atoms with E-state index in [2.05, 4.69) is 5.32 Å². The third-order valence-electron chi connectivity index (χ3n) is 6.77. The molecule has 0 bridgehead atoms. The maximum absolute atomic E-state index is 14.1. The molecule has 2 amide bonds. The number of nitrogens with one attached hydrogen (secondary N) is 1. The number of hydrogen-bond acceptors (Lipinski definition) is 5. The van der Waals surface area contributed by atoms with Crippen molar-refractivity contribution < 1.29 is 22.7 Å². The number of anilines is 1. The van der Waals surface area contributed by atoms with Gasteiger partial charge < -0.3 is 15.0 Å². The largest absolute Gasteiger partial charge is 0.497 e. The Kier molecular flexibility index (Phi) is 10.7. The molecule has 0 spiro atoms. The molecular formula is C31H39N3O5S. The van der Waals surface area contributed by atoms with Crippen molar-refractivity contribution in [2.45, 2.75) is 64.1 Å². The summed E-state index contributed by atoms with van der Waals surface area (Å²) in [5.74, 6) is -0.147. The molecule has 2 unspecified atom stereocenters. The number of methoxy groups -OCH3 is 1. The number of benzene rings is 3. The van der Waals surface area contributed by atoms with E-state index in [0.717, 1.165) is 21.9 Å². The maximum atomic E-state index is 14.1. The number of hydrogen-bond donors (Lipinski definition) is 1. The smallest absolute Gasteiger partial charge is 0.264 e. The van der Waals surface area contributed by atoms with Crippen LogP contribution in [0.3, 0.4) is 0 Å². The normalized spacial score (nSPS) is 12.7. The first-order valence-electron chi connectivity index (χ1n) is 13.5. The Hall–Kier alpha value is -3.85. The molecule has 0 heterocycles. The Morgan fingerprint density at radius 1 is 0.925 bits per heavy atom. The van der Waals surface area contributed by atoms with Gasteiger partial charge in [0.15, 0.2) is 0 Å². The van der Waals surface area contributed by atoms with Crippen molar-refractivity contribution in [3.63, 3.8) is 0 Å². The lowest BCUT2D eigenvalue weighted by Crippen LogP contribution is -2.53. The number of nitrogens with zero attached hydrogens (tertiary/aromatic N) is 2. The van der Waals surface area contributed by atoms with Crippen LogP contribution in [0.1, 0.15) is 44.7 Å². The third kappa shape index (κ3) is 7.63. The minimum Gasteiger partial charge on any atom is -0.497 e. The fourth-order valence-electron chi connectivity index (χ4n) is 4.36. The summed E-state index contributed by atoms with van der Waals surface area (Å²) in [6.07, 6.45) is 1.09. The fourth-order valence-corrected chi connectivity index (χ4v) is 5.79. The van der Waals surface area contributed by atoms with Crippen molar-refractivity contribution in [1.29, 1.82) is 0 Å². The predicted octanol–water partition coefficient (Wildman–Crippen LogP) is 4.92. The van der Waals surface area contributed by atoms with Crippen LogP contribution in [0.5, 0.6) is 5.75 Å². The summed E-state index contributed by atoms with van der Waals surface area (Å²) < 4.78 is 34.2. The number of aryl methyl sites for hydroxylation is 1. The van der Waals surface area contributed by atoms with Crippen LogP contribution in [0.25, 0.3) is 0 Å². The number of rotatable bonds is 13. The van der Waals surface area contributed by atoms with Crippen molar-refractivity contribution in [2.24, 2.45) is 0 Å². The van der Waals surface area contributed by atoms with E-state index in [9.17, 15) is 18.0 Å². The molecule has 0 aliphatic heterocycles. The molecule has 3 rings (SSSR count). The lowest BCUT2D eigenvalue weighted by Gasteiger charge is -2.33. The van der Waals surface area contributed by atoms with E-state index >= 15 is 0 Å². The molecule has 0 radical (unpaired) electrons. The summed E-state index contributed by atoms with van der Waals surface area (Å²) in [6.45, 7) is 7.21. The highest BCUT2D eigenvalue weighted by molar-refractivity contribution is 7.92. The summed E-state index contributed by atoms with van der Waals surface area (Å²) in [6, 6.07) is 21.4. The minimum atomic E-state index is -4.09. The molecule has 0 aliphatic carbocycles. The topological polar surface area (TPSA) is 96.0 Å². The van der Waals surface area contributed by atoms with Gasteiger partial charge in [-0.1, -0.05) is 56.3 Å². The second kappa shape index (κ2) is 14.0. The Morgan fingerprint density at radius 2 is 1.62 bits per heavy atom. The second-order valence-electron chi connectivity index (χ2n) is 9.78. The highest BCUT2D eigenvalue weighted by atomic mass is 32.2. The van der Waals surface area contributed by atoms with Crippen molar-refractivity contribution in [3.05, 3.63) is 90.0 Å². The van der Waals surface area contributed by atoms with Crippen LogP contribution in [-0.2, 0) is 26.2 Å². The molecule has 8 nitrogen and oxygen atoms in total. The van der Waals surface area contributed by atoms with Gasteiger partial charge in [0.2, 0.25) is 11.8 Å². The first kappa shape index (κ1) is 30.7. The first-order chi connectivity index (χ1) is 19.1. The van der Waals surface area contributed by atoms with Crippen molar-refractivity contribution in [1.82, 2.24) is 10.2 Å². The van der Waals surface area contributed by atoms with E-state index in [1.165, 1.54) is 17.0 Å². The summed E-state index contributed by atoms with van der Waals surface area (Å²) in [4.78, 5) is 29.0. The third-order valence-corrected chi connectivity index (χ3v) is 8.56. The fraction of sp³-hybridized carbons (Fsp3) is 0.355. The molecule has 0 fully saturated rings. The molecule has 3 aromatic rings. The van der Waals surface area contributed by atoms with Crippen LogP contribution in [-0.4, -0.2) is 50.9 Å². The maximum Gasteiger partial charge on any atom is 0.264 e. The van der Waals surface area contributed by atoms with E-state index in [-0.39, 0.29) is 23.4 Å². The summed E-state index contributed by atoms with van der Waals surface area (Å²) >= 11 is 0. The van der Waals surface area contributed by atoms with Gasteiger partial charge in [-0.3, -0.25) is 13.9 Å². The van der Waals surface area contributed by atoms with Crippen LogP contribution in [0, 0.1) is 6.92 Å². The lowest BCUT2D eigenvalue weighted by atomic mass is 10.1. The Labute approximate surface area is 238 Å². The monoisotopic (exact) mass is 565 g/mol. The molecule has 3 aromatic carbocycles. The highest BCUT2D eigenvalue weighted by Crippen LogP contribution is 2.26. The standard InChI is InChI=1S/C31H39N3O5S/c1-6-24(4)32-31(36)29(7-2)33(21-25-14-12-16-27(20-25)39-5)30(35)22-34(26-15-11-13-23(3)19-26)40(37,38)28-17-9-8-10-18-28/h8-20,24,29H,6-7,21-22H2,1-5H3,(H,32,36). The first-order valence-corrected chi connectivity index (χ1v) is 14.9. The Balaban J connectivity index is 2.06. The lowest BCUT2D eigenvalue weighted by molar-refractivity contribution is -0.140. The molecule has 214 valence electrons. The van der Waals surface area contributed by atoms with Crippen LogP contribution < -0.4 is 14.4 Å². The number of carbonyl (C=O) groups excluding carboxylic acids is 2. The summed E-state index contributed by atoms with van der Waals surface area (Å²) in [5.41, 5.74) is 1.98. The predicted molar refractivity (Wildman–Crippen MR) is 158 cm³/mol. The van der Waals surface area contributed by atoms with Gasteiger partial charge in [0, 0.05) is 12.6 Å². The molecule has 40 heavy (non-hydrogen) atoms. The van der Waals surface area contributed by atoms with Gasteiger partial charge in [0.1, 0.15) is 18.3 Å². The quantitative estimate of drug-likeness (QED) is 0.317. The molecule has 0 saturated heterocycles. The van der Waals surface area contributed by atoms with Gasteiger partial charge in [0.05, 0.1) is 17.7 Å². The highest BCUT2D eigenvalue weighted by Gasteiger charge is 2.34. The van der Waals surface area contributed by atoms with Crippen LogP contribution in [0.2, 0.25) is 0 Å². The number of amides is 2.